The standard InChI is InChI=1S/C24H22N4O3S/c25-32(30,31)20-13-11-19(12-14-20)23(24(29)26-16-17-7-3-1-4-8-17)22-15-21(27-28-22)18-9-5-2-6-10-18/h1-15,23H,16H2,(H,26,29)(H,27,28)(H2,25,30,31). The van der Waals surface area contributed by atoms with Gasteiger partial charge in [-0.15, -0.1) is 0 Å². The average molecular weight is 447 g/mol. The molecular weight excluding hydrogens is 424 g/mol. The van der Waals surface area contributed by atoms with Gasteiger partial charge in [-0.25, -0.2) is 13.6 Å². The van der Waals surface area contributed by atoms with Crippen LogP contribution in [0.4, 0.5) is 0 Å². The number of amides is 1. The van der Waals surface area contributed by atoms with Gasteiger partial charge in [-0.2, -0.15) is 5.10 Å². The number of rotatable bonds is 7. The van der Waals surface area contributed by atoms with Crippen molar-refractivity contribution in [2.45, 2.75) is 17.4 Å². The zero-order chi connectivity index (χ0) is 22.6. The second-order valence-corrected chi connectivity index (χ2v) is 8.88. The molecule has 0 aliphatic rings. The monoisotopic (exact) mass is 446 g/mol. The first kappa shape index (κ1) is 21.5. The van der Waals surface area contributed by atoms with Crippen LogP contribution in [0.25, 0.3) is 11.3 Å². The van der Waals surface area contributed by atoms with Crippen molar-refractivity contribution >= 4 is 15.9 Å². The van der Waals surface area contributed by atoms with Crippen molar-refractivity contribution in [3.05, 3.63) is 108 Å². The van der Waals surface area contributed by atoms with Gasteiger partial charge in [-0.05, 0) is 34.9 Å². The molecule has 0 aliphatic heterocycles. The zero-order valence-corrected chi connectivity index (χ0v) is 17.9. The fourth-order valence-electron chi connectivity index (χ4n) is 3.44. The molecule has 162 valence electrons. The number of carbonyl (C=O) groups excluding carboxylic acids is 1. The lowest BCUT2D eigenvalue weighted by Crippen LogP contribution is -2.30. The van der Waals surface area contributed by atoms with Crippen LogP contribution in [0.1, 0.15) is 22.7 Å². The van der Waals surface area contributed by atoms with Gasteiger partial charge in [0.05, 0.1) is 16.3 Å². The Morgan fingerprint density at radius 1 is 0.938 bits per heavy atom. The summed E-state index contributed by atoms with van der Waals surface area (Å²) >= 11 is 0. The molecule has 0 fully saturated rings. The van der Waals surface area contributed by atoms with Crippen LogP contribution < -0.4 is 10.5 Å². The number of hydrogen-bond acceptors (Lipinski definition) is 4. The third kappa shape index (κ3) is 4.93. The summed E-state index contributed by atoms with van der Waals surface area (Å²) in [5.74, 6) is -0.981. The van der Waals surface area contributed by atoms with E-state index in [9.17, 15) is 13.2 Å². The SMILES string of the molecule is NS(=O)(=O)c1ccc(C(C(=O)NCc2ccccc2)c2cc(-c3ccccc3)[nH]n2)cc1. The van der Waals surface area contributed by atoms with E-state index in [-0.39, 0.29) is 10.8 Å². The molecule has 0 bridgehead atoms. The van der Waals surface area contributed by atoms with E-state index >= 15 is 0 Å². The topological polar surface area (TPSA) is 118 Å². The van der Waals surface area contributed by atoms with E-state index in [0.717, 1.165) is 16.8 Å². The Hall–Kier alpha value is -3.75. The van der Waals surface area contributed by atoms with Crippen LogP contribution in [0.2, 0.25) is 0 Å². The van der Waals surface area contributed by atoms with Gasteiger partial charge in [0.2, 0.25) is 15.9 Å². The molecular formula is C24H22N4O3S. The van der Waals surface area contributed by atoms with E-state index in [4.69, 9.17) is 5.14 Å². The minimum Gasteiger partial charge on any atom is -0.351 e. The highest BCUT2D eigenvalue weighted by Gasteiger charge is 2.26. The molecule has 8 heteroatoms. The number of nitrogens with zero attached hydrogens (tertiary/aromatic N) is 1. The summed E-state index contributed by atoms with van der Waals surface area (Å²) < 4.78 is 23.2. The summed E-state index contributed by atoms with van der Waals surface area (Å²) in [6, 6.07) is 27.0. The number of nitrogens with two attached hydrogens (primary N) is 1. The zero-order valence-electron chi connectivity index (χ0n) is 17.1. The van der Waals surface area contributed by atoms with Crippen molar-refractivity contribution in [2.75, 3.05) is 0 Å². The highest BCUT2D eigenvalue weighted by atomic mass is 32.2. The van der Waals surface area contributed by atoms with Gasteiger partial charge in [0.1, 0.15) is 5.92 Å². The lowest BCUT2D eigenvalue weighted by Gasteiger charge is -2.16. The molecule has 3 aromatic carbocycles. The first-order chi connectivity index (χ1) is 15.4. The van der Waals surface area contributed by atoms with Crippen LogP contribution in [0.5, 0.6) is 0 Å². The third-order valence-electron chi connectivity index (χ3n) is 5.09. The fraction of sp³-hybridized carbons (Fsp3) is 0.0833. The third-order valence-corrected chi connectivity index (χ3v) is 6.02. The molecule has 0 aliphatic carbocycles. The maximum atomic E-state index is 13.2. The van der Waals surface area contributed by atoms with Crippen LogP contribution in [0.15, 0.2) is 95.9 Å². The maximum absolute atomic E-state index is 13.2. The second kappa shape index (κ2) is 9.17. The molecule has 0 radical (unpaired) electrons. The highest BCUT2D eigenvalue weighted by molar-refractivity contribution is 7.89. The van der Waals surface area contributed by atoms with Crippen LogP contribution in [-0.2, 0) is 21.4 Å². The van der Waals surface area contributed by atoms with E-state index < -0.39 is 15.9 Å². The van der Waals surface area contributed by atoms with E-state index in [0.29, 0.717) is 17.8 Å². The number of aromatic amines is 1. The van der Waals surface area contributed by atoms with Gasteiger partial charge < -0.3 is 5.32 Å². The number of nitrogens with one attached hydrogen (secondary N) is 2. The van der Waals surface area contributed by atoms with Crippen molar-refractivity contribution in [1.29, 1.82) is 0 Å². The van der Waals surface area contributed by atoms with Crippen LogP contribution >= 0.6 is 0 Å². The first-order valence-electron chi connectivity index (χ1n) is 9.97. The van der Waals surface area contributed by atoms with Crippen molar-refractivity contribution < 1.29 is 13.2 Å². The molecule has 0 saturated heterocycles. The Kier molecular flexibility index (Phi) is 6.16. The second-order valence-electron chi connectivity index (χ2n) is 7.32. The van der Waals surface area contributed by atoms with E-state index in [2.05, 4.69) is 15.5 Å². The van der Waals surface area contributed by atoms with Gasteiger partial charge in [0.15, 0.2) is 0 Å². The Morgan fingerprint density at radius 2 is 1.56 bits per heavy atom. The van der Waals surface area contributed by atoms with Gasteiger partial charge in [-0.3, -0.25) is 9.89 Å². The quantitative estimate of drug-likeness (QED) is 0.404. The Morgan fingerprint density at radius 3 is 2.19 bits per heavy atom. The van der Waals surface area contributed by atoms with E-state index in [1.807, 2.05) is 66.7 Å². The molecule has 4 N–H and O–H groups in total. The summed E-state index contributed by atoms with van der Waals surface area (Å²) in [5.41, 5.74) is 3.82. The van der Waals surface area contributed by atoms with Crippen molar-refractivity contribution in [2.24, 2.45) is 5.14 Å². The highest BCUT2D eigenvalue weighted by Crippen LogP contribution is 2.28. The summed E-state index contributed by atoms with van der Waals surface area (Å²) in [5, 5.41) is 15.5. The number of aromatic nitrogens is 2. The molecule has 1 amide bonds. The molecule has 1 heterocycles. The summed E-state index contributed by atoms with van der Waals surface area (Å²) in [6.45, 7) is 0.363. The average Bonchev–Trinajstić information content (AvgIpc) is 3.29. The number of hydrogen-bond donors (Lipinski definition) is 3. The smallest absolute Gasteiger partial charge is 0.238 e. The lowest BCUT2D eigenvalue weighted by molar-refractivity contribution is -0.121. The molecule has 0 spiro atoms. The molecule has 4 aromatic rings. The van der Waals surface area contributed by atoms with Crippen molar-refractivity contribution in [1.82, 2.24) is 15.5 Å². The fourth-order valence-corrected chi connectivity index (χ4v) is 3.96. The molecule has 32 heavy (non-hydrogen) atoms. The Labute approximate surface area is 186 Å². The lowest BCUT2D eigenvalue weighted by atomic mass is 9.94. The number of sulfonamides is 1. The molecule has 7 nitrogen and oxygen atoms in total. The predicted octanol–water partition coefficient (Wildman–Crippen LogP) is 3.17. The summed E-state index contributed by atoms with van der Waals surface area (Å²) in [4.78, 5) is 13.2. The molecule has 0 saturated carbocycles. The summed E-state index contributed by atoms with van der Waals surface area (Å²) in [7, 11) is -3.83. The largest absolute Gasteiger partial charge is 0.351 e. The van der Waals surface area contributed by atoms with Crippen molar-refractivity contribution in [3.63, 3.8) is 0 Å². The van der Waals surface area contributed by atoms with E-state index in [1.165, 1.54) is 12.1 Å². The normalized spacial score (nSPS) is 12.3. The van der Waals surface area contributed by atoms with Crippen molar-refractivity contribution in [3.8, 4) is 11.3 Å². The molecule has 1 atom stereocenters. The van der Waals surface area contributed by atoms with Crippen LogP contribution in [0.3, 0.4) is 0 Å². The van der Waals surface area contributed by atoms with Gasteiger partial charge in [0.25, 0.3) is 0 Å². The predicted molar refractivity (Wildman–Crippen MR) is 122 cm³/mol. The first-order valence-corrected chi connectivity index (χ1v) is 11.5. The molecule has 1 aromatic heterocycles. The Bertz CT molecular complexity index is 1300. The molecule has 1 unspecified atom stereocenters. The Balaban J connectivity index is 1.66. The number of benzene rings is 3. The number of carbonyl (C=O) groups is 1. The maximum Gasteiger partial charge on any atom is 0.238 e. The van der Waals surface area contributed by atoms with Crippen LogP contribution in [0, 0.1) is 0 Å². The number of H-pyrrole nitrogens is 1. The van der Waals surface area contributed by atoms with E-state index in [1.54, 1.807) is 12.1 Å². The number of primary sulfonamides is 1. The molecule has 4 rings (SSSR count). The minimum atomic E-state index is -3.83. The van der Waals surface area contributed by atoms with Crippen LogP contribution in [-0.4, -0.2) is 24.5 Å². The van der Waals surface area contributed by atoms with Gasteiger partial charge >= 0.3 is 0 Å². The van der Waals surface area contributed by atoms with Gasteiger partial charge in [0, 0.05) is 6.54 Å². The minimum absolute atomic E-state index is 0.0169. The summed E-state index contributed by atoms with van der Waals surface area (Å²) in [6.07, 6.45) is 0. The van der Waals surface area contributed by atoms with Gasteiger partial charge in [-0.1, -0.05) is 72.8 Å².